The van der Waals surface area contributed by atoms with E-state index < -0.39 is 10.2 Å². The molecule has 2 N–H and O–H groups in total. The highest BCUT2D eigenvalue weighted by molar-refractivity contribution is 7.86. The van der Waals surface area contributed by atoms with E-state index in [1.165, 1.54) is 0 Å². The molecule has 20 heavy (non-hydrogen) atoms. The lowest BCUT2D eigenvalue weighted by Crippen LogP contribution is -2.51. The maximum Gasteiger partial charge on any atom is 0.281 e. The van der Waals surface area contributed by atoms with Gasteiger partial charge in [-0.05, 0) is 52.2 Å². The molecule has 0 saturated carbocycles. The maximum atomic E-state index is 12.6. The molecule has 7 heteroatoms. The van der Waals surface area contributed by atoms with Gasteiger partial charge < -0.3 is 10.6 Å². The molecule has 0 aliphatic carbocycles. The van der Waals surface area contributed by atoms with Crippen molar-refractivity contribution in [2.45, 2.75) is 31.7 Å². The summed E-state index contributed by atoms with van der Waals surface area (Å²) in [4.78, 5) is 2.19. The van der Waals surface area contributed by atoms with E-state index in [0.717, 1.165) is 25.7 Å². The van der Waals surface area contributed by atoms with Crippen molar-refractivity contribution < 1.29 is 8.42 Å². The van der Waals surface area contributed by atoms with Crippen molar-refractivity contribution in [1.29, 1.82) is 0 Å². The standard InChI is InChI=1S/C13H28N4O2S/c1-15(2)13-5-9-17(10-6-13)20(18,19)16-7-3-12(11-14)4-8-16/h12-13H,3-11,14H2,1-2H3. The second-order valence-corrected chi connectivity index (χ2v) is 8.11. The van der Waals surface area contributed by atoms with E-state index in [-0.39, 0.29) is 0 Å². The van der Waals surface area contributed by atoms with Crippen LogP contribution in [-0.4, -0.2) is 74.8 Å². The van der Waals surface area contributed by atoms with Gasteiger partial charge >= 0.3 is 0 Å². The van der Waals surface area contributed by atoms with Gasteiger partial charge in [-0.15, -0.1) is 0 Å². The fourth-order valence-electron chi connectivity index (χ4n) is 3.13. The van der Waals surface area contributed by atoms with Crippen LogP contribution < -0.4 is 5.73 Å². The largest absolute Gasteiger partial charge is 0.330 e. The van der Waals surface area contributed by atoms with Crippen LogP contribution in [0.5, 0.6) is 0 Å². The van der Waals surface area contributed by atoms with Crippen LogP contribution >= 0.6 is 0 Å². The Labute approximate surface area is 123 Å². The molecule has 0 aromatic heterocycles. The molecular formula is C13H28N4O2S. The highest BCUT2D eigenvalue weighted by Gasteiger charge is 2.35. The minimum Gasteiger partial charge on any atom is -0.330 e. The normalized spacial score (nSPS) is 25.4. The Hall–Kier alpha value is -0.210. The van der Waals surface area contributed by atoms with E-state index in [1.54, 1.807) is 8.61 Å². The van der Waals surface area contributed by atoms with Gasteiger partial charge in [-0.25, -0.2) is 0 Å². The van der Waals surface area contributed by atoms with Crippen LogP contribution in [0.4, 0.5) is 0 Å². The first-order valence-corrected chi connectivity index (χ1v) is 8.96. The Morgan fingerprint density at radius 3 is 1.85 bits per heavy atom. The fraction of sp³-hybridized carbons (Fsp3) is 1.00. The first-order valence-electron chi connectivity index (χ1n) is 7.57. The molecule has 2 fully saturated rings. The maximum absolute atomic E-state index is 12.6. The summed E-state index contributed by atoms with van der Waals surface area (Å²) in [6, 6.07) is 0.504. The molecular weight excluding hydrogens is 276 g/mol. The third kappa shape index (κ3) is 3.51. The van der Waals surface area contributed by atoms with E-state index >= 15 is 0 Å². The summed E-state index contributed by atoms with van der Waals surface area (Å²) in [5.74, 6) is 0.487. The number of nitrogens with zero attached hydrogens (tertiary/aromatic N) is 3. The lowest BCUT2D eigenvalue weighted by Gasteiger charge is -2.38. The van der Waals surface area contributed by atoms with Gasteiger partial charge in [-0.1, -0.05) is 0 Å². The van der Waals surface area contributed by atoms with Crippen LogP contribution in [0.2, 0.25) is 0 Å². The van der Waals surface area contributed by atoms with Crippen molar-refractivity contribution >= 4 is 10.2 Å². The number of nitrogens with two attached hydrogens (primary N) is 1. The molecule has 6 nitrogen and oxygen atoms in total. The smallest absolute Gasteiger partial charge is 0.281 e. The van der Waals surface area contributed by atoms with Crippen molar-refractivity contribution in [2.75, 3.05) is 46.8 Å². The molecule has 0 amide bonds. The summed E-state index contributed by atoms with van der Waals surface area (Å²) >= 11 is 0. The minimum absolute atomic E-state index is 0.487. The molecule has 0 spiro atoms. The van der Waals surface area contributed by atoms with Gasteiger partial charge in [0.15, 0.2) is 0 Å². The number of rotatable bonds is 4. The zero-order chi connectivity index (χ0) is 14.8. The Kier molecular flexibility index (Phi) is 5.42. The number of hydrogen-bond acceptors (Lipinski definition) is 4. The Balaban J connectivity index is 1.91. The zero-order valence-electron chi connectivity index (χ0n) is 12.7. The van der Waals surface area contributed by atoms with Crippen molar-refractivity contribution in [2.24, 2.45) is 11.7 Å². The first-order chi connectivity index (χ1) is 9.45. The van der Waals surface area contributed by atoms with Gasteiger partial charge in [0, 0.05) is 32.2 Å². The summed E-state index contributed by atoms with van der Waals surface area (Å²) in [5.41, 5.74) is 5.66. The fourth-order valence-corrected chi connectivity index (χ4v) is 4.80. The molecule has 118 valence electrons. The summed E-state index contributed by atoms with van der Waals surface area (Å²) in [6.45, 7) is 3.20. The summed E-state index contributed by atoms with van der Waals surface area (Å²) < 4.78 is 28.5. The monoisotopic (exact) mass is 304 g/mol. The second-order valence-electron chi connectivity index (χ2n) is 6.18. The Bertz CT molecular complexity index is 397. The number of hydrogen-bond donors (Lipinski definition) is 1. The molecule has 0 aromatic rings. The predicted octanol–water partition coefficient (Wildman–Crippen LogP) is -0.0721. The highest BCUT2D eigenvalue weighted by Crippen LogP contribution is 2.23. The van der Waals surface area contributed by atoms with E-state index in [1.807, 2.05) is 0 Å². The molecule has 2 saturated heterocycles. The molecule has 0 atom stereocenters. The predicted molar refractivity (Wildman–Crippen MR) is 80.6 cm³/mol. The second kappa shape index (κ2) is 6.70. The molecule has 2 aliphatic heterocycles. The van der Waals surface area contributed by atoms with Gasteiger partial charge in [-0.3, -0.25) is 0 Å². The molecule has 0 aromatic carbocycles. The van der Waals surface area contributed by atoms with Gasteiger partial charge in [0.25, 0.3) is 10.2 Å². The van der Waals surface area contributed by atoms with Crippen molar-refractivity contribution in [3.8, 4) is 0 Å². The molecule has 2 aliphatic rings. The third-order valence-corrected chi connectivity index (χ3v) is 6.75. The van der Waals surface area contributed by atoms with Gasteiger partial charge in [0.2, 0.25) is 0 Å². The van der Waals surface area contributed by atoms with Gasteiger partial charge in [0.1, 0.15) is 0 Å². The number of piperidine rings is 2. The van der Waals surface area contributed by atoms with Crippen LogP contribution in [0.3, 0.4) is 0 Å². The third-order valence-electron chi connectivity index (χ3n) is 4.71. The van der Waals surface area contributed by atoms with Crippen LogP contribution in [0.25, 0.3) is 0 Å². The van der Waals surface area contributed by atoms with E-state index in [9.17, 15) is 8.42 Å². The molecule has 0 radical (unpaired) electrons. The van der Waals surface area contributed by atoms with E-state index in [0.29, 0.717) is 44.7 Å². The summed E-state index contributed by atoms with van der Waals surface area (Å²) in [7, 11) is 0.865. The topological polar surface area (TPSA) is 69.9 Å². The van der Waals surface area contributed by atoms with Gasteiger partial charge in [-0.2, -0.15) is 17.0 Å². The Morgan fingerprint density at radius 1 is 1.00 bits per heavy atom. The molecule has 0 bridgehead atoms. The van der Waals surface area contributed by atoms with Crippen molar-refractivity contribution in [3.63, 3.8) is 0 Å². The van der Waals surface area contributed by atoms with E-state index in [4.69, 9.17) is 5.73 Å². The lowest BCUT2D eigenvalue weighted by atomic mass is 9.99. The van der Waals surface area contributed by atoms with Crippen molar-refractivity contribution in [1.82, 2.24) is 13.5 Å². The zero-order valence-corrected chi connectivity index (χ0v) is 13.5. The first kappa shape index (κ1) is 16.2. The summed E-state index contributed by atoms with van der Waals surface area (Å²) in [6.07, 6.45) is 3.63. The van der Waals surface area contributed by atoms with E-state index in [2.05, 4.69) is 19.0 Å². The average molecular weight is 304 g/mol. The summed E-state index contributed by atoms with van der Waals surface area (Å²) in [5, 5.41) is 0. The van der Waals surface area contributed by atoms with Crippen LogP contribution in [0, 0.1) is 5.92 Å². The highest BCUT2D eigenvalue weighted by atomic mass is 32.2. The quantitative estimate of drug-likeness (QED) is 0.789. The molecule has 0 unspecified atom stereocenters. The van der Waals surface area contributed by atoms with Crippen LogP contribution in [0.15, 0.2) is 0 Å². The van der Waals surface area contributed by atoms with Crippen LogP contribution in [0.1, 0.15) is 25.7 Å². The minimum atomic E-state index is -3.26. The lowest BCUT2D eigenvalue weighted by molar-refractivity contribution is 0.184. The average Bonchev–Trinajstić information content (AvgIpc) is 2.47. The molecule has 2 rings (SSSR count). The van der Waals surface area contributed by atoms with Crippen molar-refractivity contribution in [3.05, 3.63) is 0 Å². The SMILES string of the molecule is CN(C)C1CCN(S(=O)(=O)N2CCC(CN)CC2)CC1. The van der Waals surface area contributed by atoms with Gasteiger partial charge in [0.05, 0.1) is 0 Å². The molecule has 2 heterocycles. The Morgan fingerprint density at radius 2 is 1.45 bits per heavy atom. The van der Waals surface area contributed by atoms with Crippen LogP contribution in [-0.2, 0) is 10.2 Å².